The molecule has 0 unspecified atom stereocenters. The molecule has 0 radical (unpaired) electrons. The summed E-state index contributed by atoms with van der Waals surface area (Å²) in [5.74, 6) is -0.430. The lowest BCUT2D eigenvalue weighted by Crippen LogP contribution is -2.12. The molecule has 1 amide bonds. The van der Waals surface area contributed by atoms with Gasteiger partial charge >= 0.3 is 0 Å². The topological polar surface area (TPSA) is 69.6 Å². The van der Waals surface area contributed by atoms with E-state index < -0.39 is 0 Å². The maximum absolute atomic E-state index is 12.2. The zero-order valence-corrected chi connectivity index (χ0v) is 12.9. The van der Waals surface area contributed by atoms with Crippen molar-refractivity contribution in [3.05, 3.63) is 58.1 Å². The molecule has 110 valence electrons. The number of aryl methyl sites for hydroxylation is 1. The van der Waals surface area contributed by atoms with Crippen LogP contribution in [0.1, 0.15) is 22.3 Å². The van der Waals surface area contributed by atoms with Gasteiger partial charge in [0.05, 0.1) is 5.56 Å². The maximum atomic E-state index is 12.2. The smallest absolute Gasteiger partial charge is 0.259 e. The van der Waals surface area contributed by atoms with Crippen LogP contribution in [0.25, 0.3) is 0 Å². The number of hydrogen-bond donors (Lipinski definition) is 3. The Kier molecular flexibility index (Phi) is 5.36. The quantitative estimate of drug-likeness (QED) is 0.775. The van der Waals surface area contributed by atoms with Gasteiger partial charge in [-0.15, -0.1) is 0 Å². The van der Waals surface area contributed by atoms with Crippen LogP contribution >= 0.6 is 15.9 Å². The van der Waals surface area contributed by atoms with Crippen molar-refractivity contribution in [3.8, 4) is 5.75 Å². The number of aliphatic hydroxyl groups is 1. The van der Waals surface area contributed by atoms with Gasteiger partial charge in [-0.25, -0.2) is 0 Å². The van der Waals surface area contributed by atoms with Crippen molar-refractivity contribution in [1.29, 1.82) is 0 Å². The van der Waals surface area contributed by atoms with E-state index in [0.717, 1.165) is 16.5 Å². The summed E-state index contributed by atoms with van der Waals surface area (Å²) in [6.07, 6.45) is 1.44. The van der Waals surface area contributed by atoms with Gasteiger partial charge in [0.25, 0.3) is 5.91 Å². The highest BCUT2D eigenvalue weighted by Gasteiger charge is 2.12. The van der Waals surface area contributed by atoms with Gasteiger partial charge < -0.3 is 15.5 Å². The van der Waals surface area contributed by atoms with Gasteiger partial charge in [-0.05, 0) is 48.7 Å². The Labute approximate surface area is 131 Å². The molecule has 2 rings (SSSR count). The summed E-state index contributed by atoms with van der Waals surface area (Å²) in [6, 6.07) is 12.2. The molecule has 0 heterocycles. The molecule has 0 fully saturated rings. The van der Waals surface area contributed by atoms with Crippen molar-refractivity contribution in [3.63, 3.8) is 0 Å². The molecule has 5 heteroatoms. The number of hydrogen-bond acceptors (Lipinski definition) is 3. The van der Waals surface area contributed by atoms with Crippen LogP contribution < -0.4 is 5.32 Å². The number of phenols is 1. The van der Waals surface area contributed by atoms with E-state index in [4.69, 9.17) is 5.11 Å². The minimum Gasteiger partial charge on any atom is -0.507 e. The summed E-state index contributed by atoms with van der Waals surface area (Å²) in [6.45, 7) is 0.141. The molecule has 0 spiro atoms. The average molecular weight is 350 g/mol. The lowest BCUT2D eigenvalue weighted by molar-refractivity contribution is 0.102. The van der Waals surface area contributed by atoms with Crippen LogP contribution in [-0.4, -0.2) is 22.7 Å². The third-order valence-electron chi connectivity index (χ3n) is 3.01. The predicted octanol–water partition coefficient (Wildman–Crippen LogP) is 3.33. The largest absolute Gasteiger partial charge is 0.507 e. The van der Waals surface area contributed by atoms with Crippen molar-refractivity contribution in [2.24, 2.45) is 0 Å². The number of phenolic OH excluding ortho intramolecular Hbond substituents is 1. The van der Waals surface area contributed by atoms with E-state index in [2.05, 4.69) is 21.2 Å². The second-order valence-corrected chi connectivity index (χ2v) is 5.56. The second kappa shape index (κ2) is 7.24. The number of benzene rings is 2. The summed E-state index contributed by atoms with van der Waals surface area (Å²) in [5.41, 5.74) is 1.92. The minimum absolute atomic E-state index is 0.0628. The van der Waals surface area contributed by atoms with Crippen LogP contribution in [0.15, 0.2) is 46.9 Å². The Balaban J connectivity index is 2.14. The van der Waals surface area contributed by atoms with Gasteiger partial charge in [0.15, 0.2) is 0 Å². The molecule has 0 aliphatic heterocycles. The summed E-state index contributed by atoms with van der Waals surface area (Å²) in [4.78, 5) is 12.2. The van der Waals surface area contributed by atoms with Crippen molar-refractivity contribution < 1.29 is 15.0 Å². The van der Waals surface area contributed by atoms with Gasteiger partial charge in [-0.3, -0.25) is 4.79 Å². The number of amides is 1. The molecule has 2 aromatic carbocycles. The number of carbonyl (C=O) groups is 1. The van der Waals surface area contributed by atoms with Crippen molar-refractivity contribution in [2.45, 2.75) is 12.8 Å². The SMILES string of the molecule is O=C(Nc1cccc(CCCO)c1)c1cc(Br)ccc1O. The molecule has 0 atom stereocenters. The number of carbonyl (C=O) groups excluding carboxylic acids is 1. The van der Waals surface area contributed by atoms with Crippen molar-refractivity contribution >= 4 is 27.5 Å². The number of anilines is 1. The standard InChI is InChI=1S/C16H16BrNO3/c17-12-6-7-15(20)14(10-12)16(21)18-13-5-1-3-11(9-13)4-2-8-19/h1,3,5-7,9-10,19-20H,2,4,8H2,(H,18,21). The molecule has 0 saturated carbocycles. The Hall–Kier alpha value is -1.85. The number of aromatic hydroxyl groups is 1. The van der Waals surface area contributed by atoms with E-state index in [-0.39, 0.29) is 23.8 Å². The summed E-state index contributed by atoms with van der Waals surface area (Å²) < 4.78 is 0.724. The molecule has 0 saturated heterocycles. The highest BCUT2D eigenvalue weighted by Crippen LogP contribution is 2.23. The molecule has 2 aromatic rings. The van der Waals surface area contributed by atoms with Gasteiger partial charge in [-0.1, -0.05) is 28.1 Å². The van der Waals surface area contributed by atoms with E-state index in [1.165, 1.54) is 6.07 Å². The Morgan fingerprint density at radius 2 is 2.00 bits per heavy atom. The first-order valence-electron chi connectivity index (χ1n) is 6.60. The van der Waals surface area contributed by atoms with E-state index in [1.807, 2.05) is 18.2 Å². The second-order valence-electron chi connectivity index (χ2n) is 4.64. The van der Waals surface area contributed by atoms with Crippen LogP contribution in [-0.2, 0) is 6.42 Å². The fraction of sp³-hybridized carbons (Fsp3) is 0.188. The first-order valence-corrected chi connectivity index (χ1v) is 7.39. The molecule has 3 N–H and O–H groups in total. The predicted molar refractivity (Wildman–Crippen MR) is 85.6 cm³/mol. The zero-order valence-electron chi connectivity index (χ0n) is 11.3. The number of halogens is 1. The minimum atomic E-state index is -0.367. The molecule has 0 aliphatic carbocycles. The first kappa shape index (κ1) is 15.5. The summed E-state index contributed by atoms with van der Waals surface area (Å²) in [5, 5.41) is 21.4. The van der Waals surface area contributed by atoms with Gasteiger partial charge in [0.2, 0.25) is 0 Å². The normalized spacial score (nSPS) is 10.4. The average Bonchev–Trinajstić information content (AvgIpc) is 2.48. The Bertz CT molecular complexity index is 643. The lowest BCUT2D eigenvalue weighted by Gasteiger charge is -2.09. The highest BCUT2D eigenvalue weighted by molar-refractivity contribution is 9.10. The summed E-state index contributed by atoms with van der Waals surface area (Å²) in [7, 11) is 0. The monoisotopic (exact) mass is 349 g/mol. The van der Waals surface area contributed by atoms with E-state index in [1.54, 1.807) is 18.2 Å². The third kappa shape index (κ3) is 4.31. The van der Waals surface area contributed by atoms with Crippen LogP contribution in [0.4, 0.5) is 5.69 Å². The molecular formula is C16H16BrNO3. The van der Waals surface area contributed by atoms with Crippen LogP contribution in [0.2, 0.25) is 0 Å². The fourth-order valence-electron chi connectivity index (χ4n) is 1.98. The van der Waals surface area contributed by atoms with Crippen molar-refractivity contribution in [1.82, 2.24) is 0 Å². The number of nitrogens with one attached hydrogen (secondary N) is 1. The van der Waals surface area contributed by atoms with E-state index >= 15 is 0 Å². The number of rotatable bonds is 5. The van der Waals surface area contributed by atoms with Crippen LogP contribution in [0.5, 0.6) is 5.75 Å². The molecule has 0 aromatic heterocycles. The first-order chi connectivity index (χ1) is 10.1. The maximum Gasteiger partial charge on any atom is 0.259 e. The lowest BCUT2D eigenvalue weighted by atomic mass is 10.1. The van der Waals surface area contributed by atoms with Crippen LogP contribution in [0.3, 0.4) is 0 Å². The van der Waals surface area contributed by atoms with Gasteiger partial charge in [-0.2, -0.15) is 0 Å². The molecule has 4 nitrogen and oxygen atoms in total. The van der Waals surface area contributed by atoms with E-state index in [0.29, 0.717) is 12.1 Å². The Morgan fingerprint density at radius 3 is 2.76 bits per heavy atom. The van der Waals surface area contributed by atoms with Gasteiger partial charge in [0.1, 0.15) is 5.75 Å². The van der Waals surface area contributed by atoms with Gasteiger partial charge in [0, 0.05) is 16.8 Å². The number of aliphatic hydroxyl groups excluding tert-OH is 1. The van der Waals surface area contributed by atoms with Crippen LogP contribution in [0, 0.1) is 0 Å². The molecule has 0 bridgehead atoms. The highest BCUT2D eigenvalue weighted by atomic mass is 79.9. The third-order valence-corrected chi connectivity index (χ3v) is 3.50. The van der Waals surface area contributed by atoms with Crippen molar-refractivity contribution in [2.75, 3.05) is 11.9 Å². The molecule has 0 aliphatic rings. The fourth-order valence-corrected chi connectivity index (χ4v) is 2.34. The Morgan fingerprint density at radius 1 is 1.19 bits per heavy atom. The zero-order chi connectivity index (χ0) is 15.2. The molecule has 21 heavy (non-hydrogen) atoms. The van der Waals surface area contributed by atoms with E-state index in [9.17, 15) is 9.90 Å². The summed E-state index contributed by atoms with van der Waals surface area (Å²) >= 11 is 3.28. The molecular weight excluding hydrogens is 334 g/mol.